The van der Waals surface area contributed by atoms with Crippen LogP contribution in [-0.4, -0.2) is 24.6 Å². The fourth-order valence-corrected chi connectivity index (χ4v) is 2.14. The molecule has 0 atom stereocenters. The maximum Gasteiger partial charge on any atom is 0.192 e. The van der Waals surface area contributed by atoms with Crippen LogP contribution in [0.3, 0.4) is 0 Å². The number of benzene rings is 1. The lowest BCUT2D eigenvalue weighted by Crippen LogP contribution is -2.17. The molecule has 21 heavy (non-hydrogen) atoms. The van der Waals surface area contributed by atoms with E-state index in [9.17, 15) is 9.59 Å². The van der Waals surface area contributed by atoms with Crippen LogP contribution < -0.4 is 14.9 Å². The number of aromatic nitrogens is 1. The standard InChI is InChI=1S/C16H17NO4/c1-10-7-15(19)13(11(2)18)9-17(10)14-6-5-12(20-3)8-16(14)21-4/h5-9H,1-4H3. The maximum absolute atomic E-state index is 11.8. The van der Waals surface area contributed by atoms with Gasteiger partial charge in [-0.05, 0) is 26.0 Å². The molecular formula is C16H17NO4. The first kappa shape index (κ1) is 14.8. The second kappa shape index (κ2) is 5.83. The molecule has 0 N–H and O–H groups in total. The minimum atomic E-state index is -0.274. The molecule has 0 fully saturated rings. The average Bonchev–Trinajstić information content (AvgIpc) is 2.46. The summed E-state index contributed by atoms with van der Waals surface area (Å²) in [5, 5.41) is 0. The number of hydrogen-bond acceptors (Lipinski definition) is 4. The average molecular weight is 287 g/mol. The van der Waals surface area contributed by atoms with Gasteiger partial charge in [-0.3, -0.25) is 9.59 Å². The molecule has 5 heteroatoms. The molecular weight excluding hydrogens is 270 g/mol. The molecule has 2 rings (SSSR count). The van der Waals surface area contributed by atoms with E-state index in [-0.39, 0.29) is 16.8 Å². The zero-order valence-electron chi connectivity index (χ0n) is 12.5. The van der Waals surface area contributed by atoms with Crippen molar-refractivity contribution in [2.45, 2.75) is 13.8 Å². The fraction of sp³-hybridized carbons (Fsp3) is 0.250. The van der Waals surface area contributed by atoms with Crippen molar-refractivity contribution < 1.29 is 14.3 Å². The molecule has 1 aromatic heterocycles. The van der Waals surface area contributed by atoms with Gasteiger partial charge in [0.05, 0.1) is 25.5 Å². The first-order valence-corrected chi connectivity index (χ1v) is 6.44. The van der Waals surface area contributed by atoms with E-state index >= 15 is 0 Å². The Balaban J connectivity index is 2.69. The molecule has 0 radical (unpaired) electrons. The third-order valence-electron chi connectivity index (χ3n) is 3.27. The minimum Gasteiger partial charge on any atom is -0.497 e. The molecule has 0 aliphatic carbocycles. The van der Waals surface area contributed by atoms with Crippen molar-refractivity contribution in [2.75, 3.05) is 14.2 Å². The summed E-state index contributed by atoms with van der Waals surface area (Å²) in [6.45, 7) is 3.18. The Morgan fingerprint density at radius 3 is 2.43 bits per heavy atom. The van der Waals surface area contributed by atoms with Gasteiger partial charge < -0.3 is 14.0 Å². The molecule has 0 amide bonds. The zero-order chi connectivity index (χ0) is 15.6. The number of ketones is 1. The van der Waals surface area contributed by atoms with Crippen LogP contribution in [0.5, 0.6) is 11.5 Å². The monoisotopic (exact) mass is 287 g/mol. The summed E-state index contributed by atoms with van der Waals surface area (Å²) < 4.78 is 12.3. The number of nitrogens with zero attached hydrogens (tertiary/aromatic N) is 1. The molecule has 0 spiro atoms. The van der Waals surface area contributed by atoms with E-state index < -0.39 is 0 Å². The zero-order valence-corrected chi connectivity index (χ0v) is 12.5. The minimum absolute atomic E-state index is 0.151. The van der Waals surface area contributed by atoms with Crippen LogP contribution in [0.25, 0.3) is 5.69 Å². The van der Waals surface area contributed by atoms with Crippen molar-refractivity contribution in [1.82, 2.24) is 4.57 Å². The highest BCUT2D eigenvalue weighted by Gasteiger charge is 2.12. The van der Waals surface area contributed by atoms with Crippen molar-refractivity contribution in [3.8, 4) is 17.2 Å². The highest BCUT2D eigenvalue weighted by atomic mass is 16.5. The summed E-state index contributed by atoms with van der Waals surface area (Å²) in [7, 11) is 3.13. The van der Waals surface area contributed by atoms with E-state index in [1.54, 1.807) is 44.0 Å². The van der Waals surface area contributed by atoms with Crippen LogP contribution >= 0.6 is 0 Å². The fourth-order valence-electron chi connectivity index (χ4n) is 2.14. The van der Waals surface area contributed by atoms with Gasteiger partial charge in [0.25, 0.3) is 0 Å². The van der Waals surface area contributed by atoms with E-state index in [0.29, 0.717) is 17.2 Å². The van der Waals surface area contributed by atoms with Crippen molar-refractivity contribution in [1.29, 1.82) is 0 Å². The molecule has 110 valence electrons. The van der Waals surface area contributed by atoms with Crippen LogP contribution in [0.15, 0.2) is 35.3 Å². The number of hydrogen-bond donors (Lipinski definition) is 0. The molecule has 1 aromatic carbocycles. The summed E-state index contributed by atoms with van der Waals surface area (Å²) in [6, 6.07) is 6.81. The number of pyridine rings is 1. The summed E-state index contributed by atoms with van der Waals surface area (Å²) in [5.41, 5.74) is 1.33. The predicted octanol–water partition coefficient (Wildman–Crippen LogP) is 2.37. The van der Waals surface area contributed by atoms with Crippen molar-refractivity contribution in [3.63, 3.8) is 0 Å². The number of carbonyl (C=O) groups is 1. The summed E-state index contributed by atoms with van der Waals surface area (Å²) in [4.78, 5) is 23.4. The largest absolute Gasteiger partial charge is 0.497 e. The smallest absolute Gasteiger partial charge is 0.192 e. The molecule has 0 saturated carbocycles. The number of carbonyl (C=O) groups excluding carboxylic acids is 1. The lowest BCUT2D eigenvalue weighted by atomic mass is 10.1. The van der Waals surface area contributed by atoms with E-state index in [0.717, 1.165) is 5.69 Å². The van der Waals surface area contributed by atoms with Gasteiger partial charge in [0.1, 0.15) is 11.5 Å². The van der Waals surface area contributed by atoms with Crippen LogP contribution in [0.2, 0.25) is 0 Å². The third kappa shape index (κ3) is 2.81. The Kier molecular flexibility index (Phi) is 4.12. The van der Waals surface area contributed by atoms with Gasteiger partial charge in [0, 0.05) is 24.0 Å². The van der Waals surface area contributed by atoms with Crippen LogP contribution in [0, 0.1) is 6.92 Å². The number of ether oxygens (including phenoxy) is 2. The normalized spacial score (nSPS) is 10.3. The predicted molar refractivity (Wildman–Crippen MR) is 79.9 cm³/mol. The number of aryl methyl sites for hydroxylation is 1. The van der Waals surface area contributed by atoms with Crippen LogP contribution in [-0.2, 0) is 0 Å². The molecule has 0 aliphatic heterocycles. The maximum atomic E-state index is 11.8. The highest BCUT2D eigenvalue weighted by molar-refractivity contribution is 5.93. The van der Waals surface area contributed by atoms with Crippen LogP contribution in [0.4, 0.5) is 0 Å². The quantitative estimate of drug-likeness (QED) is 0.810. The second-order valence-electron chi connectivity index (χ2n) is 4.66. The molecule has 1 heterocycles. The van der Waals surface area contributed by atoms with E-state index in [1.807, 2.05) is 6.07 Å². The summed E-state index contributed by atoms with van der Waals surface area (Å²) >= 11 is 0. The van der Waals surface area contributed by atoms with Gasteiger partial charge in [0.15, 0.2) is 11.2 Å². The number of Topliss-reactive ketones (excluding diaryl/α,β-unsaturated/α-hetero) is 1. The van der Waals surface area contributed by atoms with Crippen molar-refractivity contribution in [3.05, 3.63) is 51.9 Å². The molecule has 0 aliphatic rings. The Bertz CT molecular complexity index is 746. The van der Waals surface area contributed by atoms with Gasteiger partial charge in [-0.25, -0.2) is 0 Å². The number of rotatable bonds is 4. The molecule has 2 aromatic rings. The number of methoxy groups -OCH3 is 2. The Morgan fingerprint density at radius 1 is 1.14 bits per heavy atom. The topological polar surface area (TPSA) is 57.5 Å². The first-order valence-electron chi connectivity index (χ1n) is 6.44. The lowest BCUT2D eigenvalue weighted by Gasteiger charge is -2.16. The Labute approximate surface area is 122 Å². The van der Waals surface area contributed by atoms with Gasteiger partial charge in [-0.1, -0.05) is 0 Å². The Hall–Kier alpha value is -2.56. The van der Waals surface area contributed by atoms with Gasteiger partial charge in [-0.15, -0.1) is 0 Å². The van der Waals surface area contributed by atoms with Crippen LogP contribution in [0.1, 0.15) is 23.0 Å². The SMILES string of the molecule is COc1ccc(-n2cc(C(C)=O)c(=O)cc2C)c(OC)c1. The summed E-state index contributed by atoms with van der Waals surface area (Å²) in [5.74, 6) is 0.998. The van der Waals surface area contributed by atoms with Gasteiger partial charge >= 0.3 is 0 Å². The van der Waals surface area contributed by atoms with E-state index in [1.165, 1.54) is 13.0 Å². The van der Waals surface area contributed by atoms with Crippen molar-refractivity contribution in [2.24, 2.45) is 0 Å². The van der Waals surface area contributed by atoms with Crippen molar-refractivity contribution >= 4 is 5.78 Å². The highest BCUT2D eigenvalue weighted by Crippen LogP contribution is 2.28. The Morgan fingerprint density at radius 2 is 1.86 bits per heavy atom. The third-order valence-corrected chi connectivity index (χ3v) is 3.27. The first-order chi connectivity index (χ1) is 9.97. The van der Waals surface area contributed by atoms with E-state index in [4.69, 9.17) is 9.47 Å². The summed E-state index contributed by atoms with van der Waals surface area (Å²) in [6.07, 6.45) is 1.55. The molecule has 5 nitrogen and oxygen atoms in total. The second-order valence-corrected chi connectivity index (χ2v) is 4.66. The van der Waals surface area contributed by atoms with Gasteiger partial charge in [-0.2, -0.15) is 0 Å². The molecule has 0 unspecified atom stereocenters. The lowest BCUT2D eigenvalue weighted by molar-refractivity contribution is 0.101. The van der Waals surface area contributed by atoms with Gasteiger partial charge in [0.2, 0.25) is 0 Å². The molecule has 0 bridgehead atoms. The molecule has 0 saturated heterocycles. The van der Waals surface area contributed by atoms with E-state index in [2.05, 4.69) is 0 Å².